The second kappa shape index (κ2) is 7.04. The van der Waals surface area contributed by atoms with Crippen molar-refractivity contribution >= 4 is 0 Å². The van der Waals surface area contributed by atoms with Gasteiger partial charge in [-0.2, -0.15) is 0 Å². The highest BCUT2D eigenvalue weighted by molar-refractivity contribution is 5.42. The van der Waals surface area contributed by atoms with E-state index in [4.69, 9.17) is 9.47 Å². The first-order chi connectivity index (χ1) is 10.1. The topological polar surface area (TPSA) is 43.4 Å². The van der Waals surface area contributed by atoms with Gasteiger partial charge in [-0.15, -0.1) is 0 Å². The van der Waals surface area contributed by atoms with Crippen molar-refractivity contribution in [1.82, 2.24) is 10.3 Å². The Morgan fingerprint density at radius 1 is 1.14 bits per heavy atom. The van der Waals surface area contributed by atoms with Crippen LogP contribution in [0.15, 0.2) is 36.7 Å². The Kier molecular flexibility index (Phi) is 5.11. The zero-order chi connectivity index (χ0) is 15.2. The summed E-state index contributed by atoms with van der Waals surface area (Å²) < 4.78 is 23.6. The molecular weight excluding hydrogens is 271 g/mol. The number of benzene rings is 1. The molecule has 0 amide bonds. The minimum atomic E-state index is -0.327. The van der Waals surface area contributed by atoms with Gasteiger partial charge in [0.1, 0.15) is 5.82 Å². The van der Waals surface area contributed by atoms with E-state index in [-0.39, 0.29) is 11.9 Å². The van der Waals surface area contributed by atoms with E-state index in [0.717, 1.165) is 11.1 Å². The third-order valence-corrected chi connectivity index (χ3v) is 3.29. The zero-order valence-electron chi connectivity index (χ0n) is 12.4. The van der Waals surface area contributed by atoms with Crippen LogP contribution in [0.1, 0.15) is 24.1 Å². The summed E-state index contributed by atoms with van der Waals surface area (Å²) in [5, 5.41) is 3.33. The van der Waals surface area contributed by atoms with Crippen LogP contribution in [-0.2, 0) is 6.54 Å². The summed E-state index contributed by atoms with van der Waals surface area (Å²) in [7, 11) is 3.21. The average molecular weight is 290 g/mol. The first-order valence-corrected chi connectivity index (χ1v) is 6.68. The fourth-order valence-corrected chi connectivity index (χ4v) is 2.04. The van der Waals surface area contributed by atoms with Crippen LogP contribution in [0.5, 0.6) is 11.5 Å². The van der Waals surface area contributed by atoms with Gasteiger partial charge in [-0.3, -0.25) is 4.98 Å². The molecule has 1 atom stereocenters. The molecule has 0 radical (unpaired) electrons. The second-order valence-corrected chi connectivity index (χ2v) is 4.73. The van der Waals surface area contributed by atoms with E-state index < -0.39 is 0 Å². The lowest BCUT2D eigenvalue weighted by Crippen LogP contribution is -2.18. The van der Waals surface area contributed by atoms with Gasteiger partial charge in [-0.25, -0.2) is 4.39 Å². The maximum Gasteiger partial charge on any atom is 0.161 e. The molecule has 0 spiro atoms. The van der Waals surface area contributed by atoms with Gasteiger partial charge in [0.15, 0.2) is 11.5 Å². The van der Waals surface area contributed by atoms with E-state index in [1.54, 1.807) is 20.4 Å². The minimum absolute atomic E-state index is 0.00120. The van der Waals surface area contributed by atoms with Crippen molar-refractivity contribution < 1.29 is 13.9 Å². The summed E-state index contributed by atoms with van der Waals surface area (Å²) in [6.45, 7) is 2.61. The molecule has 1 unspecified atom stereocenters. The number of hydrogen-bond donors (Lipinski definition) is 1. The fraction of sp³-hybridized carbons (Fsp3) is 0.312. The lowest BCUT2D eigenvalue weighted by Gasteiger charge is -2.15. The number of methoxy groups -OCH3 is 2. The first kappa shape index (κ1) is 15.3. The van der Waals surface area contributed by atoms with Crippen LogP contribution in [-0.4, -0.2) is 19.2 Å². The lowest BCUT2D eigenvalue weighted by atomic mass is 10.1. The maximum absolute atomic E-state index is 13.2. The quantitative estimate of drug-likeness (QED) is 0.888. The van der Waals surface area contributed by atoms with Gasteiger partial charge in [-0.1, -0.05) is 6.07 Å². The maximum atomic E-state index is 13.2. The number of hydrogen-bond acceptors (Lipinski definition) is 4. The highest BCUT2D eigenvalue weighted by Crippen LogP contribution is 2.27. The van der Waals surface area contributed by atoms with E-state index in [9.17, 15) is 4.39 Å². The smallest absolute Gasteiger partial charge is 0.161 e. The summed E-state index contributed by atoms with van der Waals surface area (Å²) in [6.07, 6.45) is 2.86. The summed E-state index contributed by atoms with van der Waals surface area (Å²) in [5.74, 6) is 1.06. The zero-order valence-corrected chi connectivity index (χ0v) is 12.4. The van der Waals surface area contributed by atoms with Gasteiger partial charge >= 0.3 is 0 Å². The molecule has 21 heavy (non-hydrogen) atoms. The molecule has 1 N–H and O–H groups in total. The number of aromatic nitrogens is 1. The monoisotopic (exact) mass is 290 g/mol. The number of rotatable bonds is 6. The molecule has 2 aromatic rings. The fourth-order valence-electron chi connectivity index (χ4n) is 2.04. The molecule has 0 aliphatic heterocycles. The molecule has 2 rings (SSSR count). The highest BCUT2D eigenvalue weighted by Gasteiger charge is 2.08. The van der Waals surface area contributed by atoms with Gasteiger partial charge < -0.3 is 14.8 Å². The van der Waals surface area contributed by atoms with Crippen molar-refractivity contribution in [3.8, 4) is 11.5 Å². The third kappa shape index (κ3) is 3.92. The molecule has 0 aliphatic carbocycles. The molecular formula is C16H19FN2O2. The number of ether oxygens (including phenoxy) is 2. The molecule has 0 aliphatic rings. The van der Waals surface area contributed by atoms with Crippen LogP contribution in [0.25, 0.3) is 0 Å². The Hall–Kier alpha value is -2.14. The van der Waals surface area contributed by atoms with Crippen LogP contribution in [0.3, 0.4) is 0 Å². The van der Waals surface area contributed by atoms with Crippen molar-refractivity contribution in [2.24, 2.45) is 0 Å². The number of nitrogens with zero attached hydrogens (tertiary/aromatic N) is 1. The lowest BCUT2D eigenvalue weighted by molar-refractivity contribution is 0.354. The van der Waals surface area contributed by atoms with Gasteiger partial charge in [0.25, 0.3) is 0 Å². The van der Waals surface area contributed by atoms with Crippen molar-refractivity contribution in [3.05, 3.63) is 53.6 Å². The molecule has 0 saturated heterocycles. The van der Waals surface area contributed by atoms with E-state index in [0.29, 0.717) is 18.0 Å². The summed E-state index contributed by atoms with van der Waals surface area (Å²) in [5.41, 5.74) is 1.87. The molecule has 1 heterocycles. The SMILES string of the molecule is COc1ccc(CNC(C)c2cncc(F)c2)cc1OC. The van der Waals surface area contributed by atoms with Crippen LogP contribution in [0, 0.1) is 5.82 Å². The van der Waals surface area contributed by atoms with Crippen LogP contribution >= 0.6 is 0 Å². The predicted octanol–water partition coefficient (Wildman–Crippen LogP) is 3.09. The van der Waals surface area contributed by atoms with Crippen molar-refractivity contribution in [2.75, 3.05) is 14.2 Å². The third-order valence-electron chi connectivity index (χ3n) is 3.29. The molecule has 4 nitrogen and oxygen atoms in total. The Morgan fingerprint density at radius 3 is 2.57 bits per heavy atom. The van der Waals surface area contributed by atoms with E-state index in [1.807, 2.05) is 25.1 Å². The first-order valence-electron chi connectivity index (χ1n) is 6.68. The minimum Gasteiger partial charge on any atom is -0.493 e. The Balaban J connectivity index is 2.02. The van der Waals surface area contributed by atoms with Gasteiger partial charge in [0.2, 0.25) is 0 Å². The highest BCUT2D eigenvalue weighted by atomic mass is 19.1. The predicted molar refractivity (Wildman–Crippen MR) is 79.0 cm³/mol. The summed E-state index contributed by atoms with van der Waals surface area (Å²) in [6, 6.07) is 7.23. The number of pyridine rings is 1. The summed E-state index contributed by atoms with van der Waals surface area (Å²) >= 11 is 0. The number of nitrogens with one attached hydrogen (secondary N) is 1. The van der Waals surface area contributed by atoms with Gasteiger partial charge in [0.05, 0.1) is 20.4 Å². The van der Waals surface area contributed by atoms with Gasteiger partial charge in [-0.05, 0) is 36.2 Å². The van der Waals surface area contributed by atoms with E-state index in [1.165, 1.54) is 12.3 Å². The molecule has 1 aromatic heterocycles. The molecule has 0 bridgehead atoms. The largest absolute Gasteiger partial charge is 0.493 e. The normalized spacial score (nSPS) is 12.0. The molecule has 0 saturated carbocycles. The van der Waals surface area contributed by atoms with Crippen LogP contribution < -0.4 is 14.8 Å². The Morgan fingerprint density at radius 2 is 1.90 bits per heavy atom. The van der Waals surface area contributed by atoms with E-state index >= 15 is 0 Å². The van der Waals surface area contributed by atoms with Crippen LogP contribution in [0.4, 0.5) is 4.39 Å². The number of halogens is 1. The molecule has 112 valence electrons. The van der Waals surface area contributed by atoms with Crippen molar-refractivity contribution in [1.29, 1.82) is 0 Å². The van der Waals surface area contributed by atoms with Gasteiger partial charge in [0, 0.05) is 18.8 Å². The second-order valence-electron chi connectivity index (χ2n) is 4.73. The van der Waals surface area contributed by atoms with Crippen molar-refractivity contribution in [2.45, 2.75) is 19.5 Å². The molecule has 5 heteroatoms. The van der Waals surface area contributed by atoms with Crippen molar-refractivity contribution in [3.63, 3.8) is 0 Å². The standard InChI is InChI=1S/C16H19FN2O2/c1-11(13-7-14(17)10-18-9-13)19-8-12-4-5-15(20-2)16(6-12)21-3/h4-7,9-11,19H,8H2,1-3H3. The average Bonchev–Trinajstić information content (AvgIpc) is 2.52. The van der Waals surface area contributed by atoms with E-state index in [2.05, 4.69) is 10.3 Å². The molecule has 0 fully saturated rings. The molecule has 1 aromatic carbocycles. The summed E-state index contributed by atoms with van der Waals surface area (Å²) in [4.78, 5) is 3.86. The Labute approximate surface area is 123 Å². The Bertz CT molecular complexity index is 605. The van der Waals surface area contributed by atoms with Crippen LogP contribution in [0.2, 0.25) is 0 Å².